The number of benzene rings is 1. The lowest BCUT2D eigenvalue weighted by atomic mass is 9.88. The van der Waals surface area contributed by atoms with Crippen molar-refractivity contribution in [2.24, 2.45) is 0 Å². The molecule has 3 aromatic rings. The number of ether oxygens (including phenoxy) is 1. The molecule has 0 fully saturated rings. The average Bonchev–Trinajstić information content (AvgIpc) is 2.91. The largest absolute Gasteiger partial charge is 0.497 e. The van der Waals surface area contributed by atoms with Crippen LogP contribution in [-0.2, 0) is 12.8 Å². The van der Waals surface area contributed by atoms with Gasteiger partial charge in [0, 0.05) is 17.5 Å². The molecule has 0 bridgehead atoms. The van der Waals surface area contributed by atoms with Gasteiger partial charge in [-0.2, -0.15) is 0 Å². The molecule has 0 radical (unpaired) electrons. The normalized spacial score (nSPS) is 13.0. The molecule has 2 N–H and O–H groups in total. The van der Waals surface area contributed by atoms with E-state index in [2.05, 4.69) is 22.1 Å². The summed E-state index contributed by atoms with van der Waals surface area (Å²) in [6.45, 7) is 2.01. The minimum Gasteiger partial charge on any atom is -0.497 e. The Morgan fingerprint density at radius 3 is 2.90 bits per heavy atom. The highest BCUT2D eigenvalue weighted by Gasteiger charge is 2.23. The Balaban J connectivity index is 2.10. The predicted molar refractivity (Wildman–Crippen MR) is 83.1 cm³/mol. The van der Waals surface area contributed by atoms with E-state index in [9.17, 15) is 4.79 Å². The maximum Gasteiger partial charge on any atom is 0.258 e. The average molecular weight is 280 g/mol. The van der Waals surface area contributed by atoms with Gasteiger partial charge in [0.2, 0.25) is 0 Å². The van der Waals surface area contributed by atoms with E-state index in [0.29, 0.717) is 0 Å². The van der Waals surface area contributed by atoms with E-state index in [1.165, 1.54) is 5.56 Å². The summed E-state index contributed by atoms with van der Waals surface area (Å²) in [4.78, 5) is 18.6. The Hall–Kier alpha value is -2.49. The van der Waals surface area contributed by atoms with Crippen molar-refractivity contribution in [3.8, 4) is 16.9 Å². The Kier molecular flexibility index (Phi) is 2.48. The van der Waals surface area contributed by atoms with E-state index < -0.39 is 0 Å². The van der Waals surface area contributed by atoms with Gasteiger partial charge in [-0.25, -0.2) is 0 Å². The minimum absolute atomic E-state index is 0.0308. The molecular weight excluding hydrogens is 264 g/mol. The van der Waals surface area contributed by atoms with Crippen molar-refractivity contribution in [2.75, 3.05) is 7.11 Å². The van der Waals surface area contributed by atoms with Crippen LogP contribution in [0.15, 0.2) is 29.2 Å². The van der Waals surface area contributed by atoms with E-state index in [1.807, 2.05) is 13.0 Å². The number of aromatic amines is 2. The zero-order valence-electron chi connectivity index (χ0n) is 12.0. The van der Waals surface area contributed by atoms with Gasteiger partial charge in [0.25, 0.3) is 5.56 Å². The molecule has 0 unspecified atom stereocenters. The third-order valence-electron chi connectivity index (χ3n) is 4.34. The van der Waals surface area contributed by atoms with Gasteiger partial charge in [-0.15, -0.1) is 0 Å². The molecule has 0 aliphatic heterocycles. The molecule has 0 saturated heterocycles. The smallest absolute Gasteiger partial charge is 0.258 e. The van der Waals surface area contributed by atoms with Crippen molar-refractivity contribution in [3.05, 3.63) is 51.6 Å². The van der Waals surface area contributed by atoms with Crippen LogP contribution in [0.3, 0.4) is 0 Å². The molecule has 1 aliphatic carbocycles. The maximum atomic E-state index is 12.3. The number of aryl methyl sites for hydroxylation is 3. The summed E-state index contributed by atoms with van der Waals surface area (Å²) in [6.07, 6.45) is 3.65. The van der Waals surface area contributed by atoms with Crippen molar-refractivity contribution in [1.82, 2.24) is 9.97 Å². The van der Waals surface area contributed by atoms with Gasteiger partial charge in [0.05, 0.1) is 18.0 Å². The minimum atomic E-state index is -0.0308. The second kappa shape index (κ2) is 4.25. The van der Waals surface area contributed by atoms with Gasteiger partial charge in [-0.1, -0.05) is 6.07 Å². The lowest BCUT2D eigenvalue weighted by Crippen LogP contribution is -2.08. The summed E-state index contributed by atoms with van der Waals surface area (Å²) < 4.78 is 5.30. The first-order valence-electron chi connectivity index (χ1n) is 7.09. The number of fused-ring (bicyclic) bond motifs is 5. The lowest BCUT2D eigenvalue weighted by molar-refractivity contribution is 0.414. The van der Waals surface area contributed by atoms with Crippen LogP contribution in [0.1, 0.15) is 16.8 Å². The van der Waals surface area contributed by atoms with Gasteiger partial charge in [0.1, 0.15) is 5.75 Å². The summed E-state index contributed by atoms with van der Waals surface area (Å²) in [7, 11) is 1.68. The molecule has 106 valence electrons. The van der Waals surface area contributed by atoms with Crippen molar-refractivity contribution in [3.63, 3.8) is 0 Å². The molecule has 0 amide bonds. The Morgan fingerprint density at radius 2 is 2.10 bits per heavy atom. The first-order valence-corrected chi connectivity index (χ1v) is 7.09. The van der Waals surface area contributed by atoms with Crippen molar-refractivity contribution in [1.29, 1.82) is 0 Å². The fourth-order valence-electron chi connectivity index (χ4n) is 3.28. The van der Waals surface area contributed by atoms with Gasteiger partial charge < -0.3 is 14.7 Å². The molecule has 0 saturated carbocycles. The van der Waals surface area contributed by atoms with Crippen molar-refractivity contribution in [2.45, 2.75) is 19.8 Å². The van der Waals surface area contributed by atoms with Gasteiger partial charge >= 0.3 is 0 Å². The van der Waals surface area contributed by atoms with Crippen LogP contribution in [0, 0.1) is 6.92 Å². The Morgan fingerprint density at radius 1 is 1.24 bits per heavy atom. The molecule has 1 aromatic carbocycles. The number of rotatable bonds is 1. The standard InChI is InChI=1S/C17H16N2O2/c1-9-8-18-17(20)15-14-12-5-4-11(21-2)7-10(12)3-6-13(14)19-16(9)15/h4-5,7-8,19H,3,6H2,1-2H3,(H,18,20). The maximum absolute atomic E-state index is 12.3. The third kappa shape index (κ3) is 1.65. The highest BCUT2D eigenvalue weighted by Crippen LogP contribution is 2.39. The van der Waals surface area contributed by atoms with Crippen LogP contribution >= 0.6 is 0 Å². The number of methoxy groups -OCH3 is 1. The molecule has 2 aromatic heterocycles. The molecule has 1 aliphatic rings. The van der Waals surface area contributed by atoms with Crippen LogP contribution in [0.2, 0.25) is 0 Å². The molecule has 4 rings (SSSR count). The number of pyridine rings is 1. The van der Waals surface area contributed by atoms with E-state index in [1.54, 1.807) is 13.3 Å². The highest BCUT2D eigenvalue weighted by molar-refractivity contribution is 5.99. The molecule has 0 spiro atoms. The first-order chi connectivity index (χ1) is 10.2. The third-order valence-corrected chi connectivity index (χ3v) is 4.34. The van der Waals surface area contributed by atoms with Crippen LogP contribution < -0.4 is 10.3 Å². The summed E-state index contributed by atoms with van der Waals surface area (Å²) in [6, 6.07) is 6.08. The second-order valence-corrected chi connectivity index (χ2v) is 5.55. The van der Waals surface area contributed by atoms with Gasteiger partial charge in [0.15, 0.2) is 0 Å². The van der Waals surface area contributed by atoms with Crippen LogP contribution in [0.4, 0.5) is 0 Å². The summed E-state index contributed by atoms with van der Waals surface area (Å²) in [5.74, 6) is 0.863. The fourth-order valence-corrected chi connectivity index (χ4v) is 3.28. The number of aromatic nitrogens is 2. The van der Waals surface area contributed by atoms with E-state index >= 15 is 0 Å². The Labute approximate surface area is 121 Å². The van der Waals surface area contributed by atoms with Crippen LogP contribution in [-0.4, -0.2) is 17.1 Å². The molecule has 0 atom stereocenters. The second-order valence-electron chi connectivity index (χ2n) is 5.55. The number of H-pyrrole nitrogens is 2. The monoisotopic (exact) mass is 280 g/mol. The van der Waals surface area contributed by atoms with Crippen LogP contribution in [0.25, 0.3) is 22.0 Å². The molecular formula is C17H16N2O2. The lowest BCUT2D eigenvalue weighted by Gasteiger charge is -2.17. The van der Waals surface area contributed by atoms with Crippen molar-refractivity contribution < 1.29 is 4.74 Å². The number of hydrogen-bond acceptors (Lipinski definition) is 2. The molecule has 4 nitrogen and oxygen atoms in total. The van der Waals surface area contributed by atoms with E-state index in [4.69, 9.17) is 4.74 Å². The van der Waals surface area contributed by atoms with Gasteiger partial charge in [-0.05, 0) is 48.6 Å². The van der Waals surface area contributed by atoms with Crippen molar-refractivity contribution >= 4 is 10.9 Å². The summed E-state index contributed by atoms with van der Waals surface area (Å²) in [5.41, 5.74) is 6.57. The molecule has 4 heteroatoms. The fraction of sp³-hybridized carbons (Fsp3) is 0.235. The molecule has 2 heterocycles. The zero-order chi connectivity index (χ0) is 14.6. The number of nitrogens with one attached hydrogen (secondary N) is 2. The van der Waals surface area contributed by atoms with Crippen LogP contribution in [0.5, 0.6) is 5.75 Å². The number of hydrogen-bond donors (Lipinski definition) is 2. The Bertz CT molecular complexity index is 918. The van der Waals surface area contributed by atoms with Gasteiger partial charge in [-0.3, -0.25) is 4.79 Å². The van der Waals surface area contributed by atoms with E-state index in [-0.39, 0.29) is 5.56 Å². The topological polar surface area (TPSA) is 57.9 Å². The predicted octanol–water partition coefficient (Wildman–Crippen LogP) is 2.94. The highest BCUT2D eigenvalue weighted by atomic mass is 16.5. The summed E-state index contributed by atoms with van der Waals surface area (Å²) in [5, 5.41) is 0.774. The van der Waals surface area contributed by atoms with E-state index in [0.717, 1.165) is 51.9 Å². The summed E-state index contributed by atoms with van der Waals surface area (Å²) >= 11 is 0. The zero-order valence-corrected chi connectivity index (χ0v) is 12.0. The molecule has 21 heavy (non-hydrogen) atoms. The SMILES string of the molecule is COc1ccc2c(c1)CCc1[nH]c3c(C)c[nH]c(=O)c3c1-2. The first kappa shape index (κ1) is 12.3. The quantitative estimate of drug-likeness (QED) is 0.720.